The molecule has 120 valence electrons. The molecule has 1 unspecified atom stereocenters. The third-order valence-corrected chi connectivity index (χ3v) is 7.36. The van der Waals surface area contributed by atoms with Crippen LogP contribution in [0, 0.1) is 6.92 Å². The molecule has 0 saturated carbocycles. The molecule has 2 rings (SSSR count). The molecular formula is C14H25N3O2S2. The number of sulfonamides is 1. The average Bonchev–Trinajstić information content (AvgIpc) is 2.66. The maximum atomic E-state index is 13.1. The van der Waals surface area contributed by atoms with E-state index in [1.807, 2.05) is 26.3 Å². The van der Waals surface area contributed by atoms with Gasteiger partial charge >= 0.3 is 0 Å². The van der Waals surface area contributed by atoms with E-state index in [0.29, 0.717) is 18.0 Å². The van der Waals surface area contributed by atoms with Crippen molar-refractivity contribution in [2.45, 2.75) is 37.8 Å². The van der Waals surface area contributed by atoms with E-state index in [9.17, 15) is 8.42 Å². The monoisotopic (exact) mass is 331 g/mol. The molecule has 1 atom stereocenters. The summed E-state index contributed by atoms with van der Waals surface area (Å²) in [5.41, 5.74) is 0.857. The maximum Gasteiger partial charge on any atom is 0.244 e. The quantitative estimate of drug-likeness (QED) is 0.908. The molecule has 5 nitrogen and oxygen atoms in total. The standard InChI is InChI=1S/C14H25N3O2S2/c1-11-10-20-13(8-15-3)14(11)21(18,19)17-7-5-6-16(4)9-12(17)2/h10,12,15H,5-9H2,1-4H3. The third-order valence-electron chi connectivity index (χ3n) is 3.88. The van der Waals surface area contributed by atoms with E-state index < -0.39 is 10.0 Å². The lowest BCUT2D eigenvalue weighted by atomic mass is 10.3. The Bertz CT molecular complexity index is 583. The van der Waals surface area contributed by atoms with Gasteiger partial charge < -0.3 is 10.2 Å². The summed E-state index contributed by atoms with van der Waals surface area (Å²) >= 11 is 1.52. The van der Waals surface area contributed by atoms with Gasteiger partial charge in [0.1, 0.15) is 4.90 Å². The van der Waals surface area contributed by atoms with Crippen molar-refractivity contribution in [3.05, 3.63) is 15.8 Å². The van der Waals surface area contributed by atoms with Gasteiger partial charge in [0.2, 0.25) is 10.0 Å². The molecule has 0 amide bonds. The zero-order chi connectivity index (χ0) is 15.6. The van der Waals surface area contributed by atoms with E-state index in [2.05, 4.69) is 17.3 Å². The number of nitrogens with one attached hydrogen (secondary N) is 1. The third kappa shape index (κ3) is 3.48. The van der Waals surface area contributed by atoms with Crippen molar-refractivity contribution in [3.8, 4) is 0 Å². The van der Waals surface area contributed by atoms with Gasteiger partial charge in [0.05, 0.1) is 0 Å². The fourth-order valence-corrected chi connectivity index (χ4v) is 6.38. The van der Waals surface area contributed by atoms with Gasteiger partial charge in [0, 0.05) is 30.6 Å². The first-order valence-corrected chi connectivity index (χ1v) is 9.62. The highest BCUT2D eigenvalue weighted by Gasteiger charge is 2.34. The number of likely N-dealkylation sites (N-methyl/N-ethyl adjacent to an activating group) is 1. The number of thiophene rings is 1. The van der Waals surface area contributed by atoms with Crippen LogP contribution in [0.4, 0.5) is 0 Å². The molecule has 21 heavy (non-hydrogen) atoms. The van der Waals surface area contributed by atoms with Crippen LogP contribution in [-0.2, 0) is 16.6 Å². The van der Waals surface area contributed by atoms with Gasteiger partial charge in [-0.05, 0) is 51.9 Å². The zero-order valence-electron chi connectivity index (χ0n) is 13.2. The van der Waals surface area contributed by atoms with Crippen LogP contribution < -0.4 is 5.32 Å². The second kappa shape index (κ2) is 6.75. The largest absolute Gasteiger partial charge is 0.315 e. The summed E-state index contributed by atoms with van der Waals surface area (Å²) in [4.78, 5) is 3.62. The molecule has 1 N–H and O–H groups in total. The second-order valence-corrected chi connectivity index (χ2v) is 8.57. The fourth-order valence-electron chi connectivity index (χ4n) is 2.94. The average molecular weight is 332 g/mol. The van der Waals surface area contributed by atoms with Crippen molar-refractivity contribution in [3.63, 3.8) is 0 Å². The molecule has 1 fully saturated rings. The normalized spacial score (nSPS) is 22.4. The van der Waals surface area contributed by atoms with E-state index in [1.54, 1.807) is 4.31 Å². The van der Waals surface area contributed by atoms with Crippen molar-refractivity contribution in [2.75, 3.05) is 33.7 Å². The lowest BCUT2D eigenvalue weighted by molar-refractivity contribution is 0.290. The van der Waals surface area contributed by atoms with Crippen molar-refractivity contribution in [2.24, 2.45) is 0 Å². The Morgan fingerprint density at radius 2 is 2.14 bits per heavy atom. The predicted octanol–water partition coefficient (Wildman–Crippen LogP) is 1.49. The molecular weight excluding hydrogens is 306 g/mol. The van der Waals surface area contributed by atoms with Crippen LogP contribution in [0.15, 0.2) is 10.3 Å². The Balaban J connectivity index is 2.39. The predicted molar refractivity (Wildman–Crippen MR) is 87.3 cm³/mol. The first-order chi connectivity index (χ1) is 9.87. The van der Waals surface area contributed by atoms with Gasteiger partial charge in [-0.2, -0.15) is 4.31 Å². The number of rotatable bonds is 4. The van der Waals surface area contributed by atoms with Crippen molar-refractivity contribution < 1.29 is 8.42 Å². The highest BCUT2D eigenvalue weighted by atomic mass is 32.2. The van der Waals surface area contributed by atoms with Crippen LogP contribution >= 0.6 is 11.3 Å². The Morgan fingerprint density at radius 1 is 1.43 bits per heavy atom. The van der Waals surface area contributed by atoms with E-state index >= 15 is 0 Å². The highest BCUT2D eigenvalue weighted by molar-refractivity contribution is 7.89. The summed E-state index contributed by atoms with van der Waals surface area (Å²) in [5, 5.41) is 5.00. The van der Waals surface area contributed by atoms with Gasteiger partial charge in [-0.25, -0.2) is 8.42 Å². The Labute approximate surface area is 132 Å². The molecule has 0 radical (unpaired) electrons. The van der Waals surface area contributed by atoms with E-state index in [1.165, 1.54) is 11.3 Å². The summed E-state index contributed by atoms with van der Waals surface area (Å²) in [6.07, 6.45) is 0.880. The lowest BCUT2D eigenvalue weighted by Gasteiger charge is -2.27. The maximum absolute atomic E-state index is 13.1. The van der Waals surface area contributed by atoms with E-state index in [4.69, 9.17) is 0 Å². The minimum absolute atomic E-state index is 0.00392. The zero-order valence-corrected chi connectivity index (χ0v) is 14.9. The van der Waals surface area contributed by atoms with Crippen LogP contribution in [0.3, 0.4) is 0 Å². The smallest absolute Gasteiger partial charge is 0.244 e. The Kier molecular flexibility index (Phi) is 5.43. The van der Waals surface area contributed by atoms with Crippen molar-refractivity contribution >= 4 is 21.4 Å². The van der Waals surface area contributed by atoms with E-state index in [0.717, 1.165) is 30.0 Å². The van der Waals surface area contributed by atoms with Gasteiger partial charge in [-0.1, -0.05) is 0 Å². The topological polar surface area (TPSA) is 52.7 Å². The number of nitrogens with zero attached hydrogens (tertiary/aromatic N) is 2. The van der Waals surface area contributed by atoms with Crippen LogP contribution in [0.5, 0.6) is 0 Å². The summed E-state index contributed by atoms with van der Waals surface area (Å²) < 4.78 is 27.9. The van der Waals surface area contributed by atoms with E-state index in [-0.39, 0.29) is 6.04 Å². The Hall–Kier alpha value is -0.470. The minimum Gasteiger partial charge on any atom is -0.315 e. The summed E-state index contributed by atoms with van der Waals surface area (Å²) in [6, 6.07) is 0.00392. The number of hydrogen-bond donors (Lipinski definition) is 1. The lowest BCUT2D eigenvalue weighted by Crippen LogP contribution is -2.42. The summed E-state index contributed by atoms with van der Waals surface area (Å²) in [7, 11) is 0.472. The van der Waals surface area contributed by atoms with Gasteiger partial charge in [-0.3, -0.25) is 0 Å². The summed E-state index contributed by atoms with van der Waals surface area (Å²) in [6.45, 7) is 6.80. The van der Waals surface area contributed by atoms with Crippen LogP contribution in [0.2, 0.25) is 0 Å². The second-order valence-electron chi connectivity index (χ2n) is 5.78. The molecule has 0 bridgehead atoms. The summed E-state index contributed by atoms with van der Waals surface area (Å²) in [5.74, 6) is 0. The van der Waals surface area contributed by atoms with Gasteiger partial charge in [-0.15, -0.1) is 11.3 Å². The SMILES string of the molecule is CNCc1scc(C)c1S(=O)(=O)N1CCCN(C)CC1C. The molecule has 1 aromatic rings. The number of aryl methyl sites for hydroxylation is 1. The molecule has 0 aromatic carbocycles. The Morgan fingerprint density at radius 3 is 2.81 bits per heavy atom. The molecule has 2 heterocycles. The molecule has 1 aliphatic rings. The molecule has 1 aliphatic heterocycles. The number of hydrogen-bond acceptors (Lipinski definition) is 5. The van der Waals surface area contributed by atoms with Crippen LogP contribution in [0.1, 0.15) is 23.8 Å². The van der Waals surface area contributed by atoms with Crippen molar-refractivity contribution in [1.82, 2.24) is 14.5 Å². The first kappa shape index (κ1) is 16.9. The van der Waals surface area contributed by atoms with Gasteiger partial charge in [0.15, 0.2) is 0 Å². The first-order valence-electron chi connectivity index (χ1n) is 7.30. The van der Waals surface area contributed by atoms with Gasteiger partial charge in [0.25, 0.3) is 0 Å². The fraction of sp³-hybridized carbons (Fsp3) is 0.714. The highest BCUT2D eigenvalue weighted by Crippen LogP contribution is 2.31. The van der Waals surface area contributed by atoms with Crippen LogP contribution in [-0.4, -0.2) is 57.4 Å². The molecule has 7 heteroatoms. The molecule has 0 aliphatic carbocycles. The molecule has 1 saturated heterocycles. The molecule has 0 spiro atoms. The van der Waals surface area contributed by atoms with Crippen molar-refractivity contribution in [1.29, 1.82) is 0 Å². The van der Waals surface area contributed by atoms with Crippen LogP contribution in [0.25, 0.3) is 0 Å². The minimum atomic E-state index is -3.42. The molecule has 1 aromatic heterocycles.